The van der Waals surface area contributed by atoms with Crippen LogP contribution < -0.4 is 10.6 Å². The Kier molecular flexibility index (Phi) is 6.60. The number of rotatable bonds is 6. The molecular weight excluding hydrogens is 394 g/mol. The number of hydrogen-bond donors (Lipinski definition) is 2. The largest absolute Gasteiger partial charge is 0.444 e. The number of fused-ring (bicyclic) bond motifs is 1. The lowest BCUT2D eigenvalue weighted by Crippen LogP contribution is -2.28. The van der Waals surface area contributed by atoms with E-state index in [1.165, 1.54) is 0 Å². The van der Waals surface area contributed by atoms with E-state index in [0.717, 1.165) is 17.3 Å². The van der Waals surface area contributed by atoms with Gasteiger partial charge in [0.15, 0.2) is 5.82 Å². The molecule has 2 amide bonds. The van der Waals surface area contributed by atoms with Crippen LogP contribution in [0, 0.1) is 0 Å². The van der Waals surface area contributed by atoms with E-state index in [9.17, 15) is 9.59 Å². The number of ether oxygens (including phenoxy) is 1. The van der Waals surface area contributed by atoms with Crippen molar-refractivity contribution < 1.29 is 14.3 Å². The zero-order valence-corrected chi connectivity index (χ0v) is 18.6. The lowest BCUT2D eigenvalue weighted by Gasteiger charge is -2.20. The number of likely N-dealkylation sites (N-methyl/N-ethyl adjacent to an activating group) is 1. The van der Waals surface area contributed by atoms with Crippen molar-refractivity contribution in [2.75, 3.05) is 31.3 Å². The summed E-state index contributed by atoms with van der Waals surface area (Å²) in [5, 5.41) is 11.7. The van der Waals surface area contributed by atoms with Crippen LogP contribution in [-0.4, -0.2) is 52.9 Å². The summed E-state index contributed by atoms with van der Waals surface area (Å²) in [6.45, 7) is 6.90. The van der Waals surface area contributed by atoms with E-state index in [2.05, 4.69) is 20.6 Å². The molecule has 3 rings (SSSR count). The molecule has 8 heteroatoms. The highest BCUT2D eigenvalue weighted by Gasteiger charge is 2.20. The van der Waals surface area contributed by atoms with Crippen molar-refractivity contribution in [2.24, 2.45) is 0 Å². The molecule has 1 aromatic heterocycles. The zero-order valence-electron chi connectivity index (χ0n) is 18.6. The number of benzene rings is 2. The highest BCUT2D eigenvalue weighted by atomic mass is 16.6. The molecule has 0 aliphatic carbocycles. The summed E-state index contributed by atoms with van der Waals surface area (Å²) in [7, 11) is 3.98. The molecule has 0 radical (unpaired) electrons. The van der Waals surface area contributed by atoms with Crippen LogP contribution in [-0.2, 0) is 11.3 Å². The Balaban J connectivity index is 1.85. The molecule has 1 heterocycles. The Bertz CT molecular complexity index is 1080. The fraction of sp³-hybridized carbons (Fsp3) is 0.348. The van der Waals surface area contributed by atoms with Gasteiger partial charge in [0.2, 0.25) is 0 Å². The van der Waals surface area contributed by atoms with Crippen molar-refractivity contribution in [2.45, 2.75) is 32.9 Å². The van der Waals surface area contributed by atoms with Crippen LogP contribution in [0.5, 0.6) is 0 Å². The highest BCUT2D eigenvalue weighted by molar-refractivity contribution is 6.12. The summed E-state index contributed by atoms with van der Waals surface area (Å²) in [6.07, 6.45) is 1.20. The van der Waals surface area contributed by atoms with Gasteiger partial charge in [0.1, 0.15) is 5.60 Å². The van der Waals surface area contributed by atoms with Gasteiger partial charge in [-0.15, -0.1) is 0 Å². The van der Waals surface area contributed by atoms with Crippen LogP contribution in [0.15, 0.2) is 48.7 Å². The smallest absolute Gasteiger partial charge is 0.412 e. The Morgan fingerprint density at radius 2 is 1.74 bits per heavy atom. The van der Waals surface area contributed by atoms with Crippen LogP contribution in [0.25, 0.3) is 10.8 Å². The Labute approximate surface area is 182 Å². The molecule has 164 valence electrons. The molecule has 0 saturated heterocycles. The summed E-state index contributed by atoms with van der Waals surface area (Å²) in [4.78, 5) is 27.5. The molecule has 2 aromatic carbocycles. The molecule has 0 bridgehead atoms. The molecule has 0 fully saturated rings. The summed E-state index contributed by atoms with van der Waals surface area (Å²) >= 11 is 0. The van der Waals surface area contributed by atoms with Crippen molar-refractivity contribution in [1.82, 2.24) is 14.7 Å². The van der Waals surface area contributed by atoms with Gasteiger partial charge >= 0.3 is 6.09 Å². The van der Waals surface area contributed by atoms with Gasteiger partial charge < -0.3 is 15.0 Å². The number of nitrogens with zero attached hydrogens (tertiary/aromatic N) is 3. The Hall–Kier alpha value is -3.39. The number of carbonyl (C=O) groups excluding carboxylic acids is 2. The van der Waals surface area contributed by atoms with Gasteiger partial charge in [-0.3, -0.25) is 14.8 Å². The minimum atomic E-state index is -0.650. The van der Waals surface area contributed by atoms with E-state index in [0.29, 0.717) is 23.6 Å². The third-order valence-electron chi connectivity index (χ3n) is 4.42. The lowest BCUT2D eigenvalue weighted by molar-refractivity contribution is 0.0636. The minimum absolute atomic E-state index is 0.326. The second-order valence-electron chi connectivity index (χ2n) is 8.59. The zero-order chi connectivity index (χ0) is 22.6. The first kappa shape index (κ1) is 22.3. The number of amides is 2. The van der Waals surface area contributed by atoms with Crippen molar-refractivity contribution >= 4 is 34.3 Å². The standard InChI is InChI=1S/C23H29N5O3/c1-23(2,3)31-22(30)24-19-15-17-9-7-6-8-16(17)14-18(19)21(29)25-20-10-11-28(26-20)13-12-27(4)5/h6-11,14-15H,12-13H2,1-5H3,(H,24,30)(H,25,26,29). The van der Waals surface area contributed by atoms with Crippen molar-refractivity contribution in [3.05, 3.63) is 54.2 Å². The molecule has 0 aliphatic rings. The van der Waals surface area contributed by atoms with Gasteiger partial charge in [-0.2, -0.15) is 5.10 Å². The van der Waals surface area contributed by atoms with E-state index in [1.54, 1.807) is 43.7 Å². The summed E-state index contributed by atoms with van der Waals surface area (Å²) in [6, 6.07) is 12.9. The molecular formula is C23H29N5O3. The van der Waals surface area contributed by atoms with Gasteiger partial charge in [-0.25, -0.2) is 4.79 Å². The van der Waals surface area contributed by atoms with Crippen LogP contribution >= 0.6 is 0 Å². The van der Waals surface area contributed by atoms with E-state index in [-0.39, 0.29) is 5.91 Å². The number of nitrogens with one attached hydrogen (secondary N) is 2. The Morgan fingerprint density at radius 3 is 2.39 bits per heavy atom. The van der Waals surface area contributed by atoms with Gasteiger partial charge in [-0.1, -0.05) is 24.3 Å². The predicted octanol–water partition coefficient (Wildman–Crippen LogP) is 4.20. The average Bonchev–Trinajstić information content (AvgIpc) is 3.11. The second kappa shape index (κ2) is 9.18. The van der Waals surface area contributed by atoms with Crippen LogP contribution in [0.2, 0.25) is 0 Å². The van der Waals surface area contributed by atoms with Gasteiger partial charge in [0, 0.05) is 18.8 Å². The van der Waals surface area contributed by atoms with Crippen molar-refractivity contribution in [3.8, 4) is 0 Å². The molecule has 2 N–H and O–H groups in total. The van der Waals surface area contributed by atoms with Gasteiger partial charge in [0.05, 0.1) is 17.8 Å². The summed E-state index contributed by atoms with van der Waals surface area (Å²) in [5.41, 5.74) is 0.0489. The molecule has 3 aromatic rings. The fourth-order valence-corrected chi connectivity index (χ4v) is 2.98. The average molecular weight is 424 g/mol. The Morgan fingerprint density at radius 1 is 1.06 bits per heavy atom. The maximum atomic E-state index is 13.1. The molecule has 0 aliphatic heterocycles. The molecule has 8 nitrogen and oxygen atoms in total. The number of aromatic nitrogens is 2. The van der Waals surface area contributed by atoms with Gasteiger partial charge in [0.25, 0.3) is 5.91 Å². The quantitative estimate of drug-likeness (QED) is 0.620. The third-order valence-corrected chi connectivity index (χ3v) is 4.42. The maximum Gasteiger partial charge on any atom is 0.412 e. The monoisotopic (exact) mass is 423 g/mol. The SMILES string of the molecule is CN(C)CCn1ccc(NC(=O)c2cc3ccccc3cc2NC(=O)OC(C)(C)C)n1. The molecule has 0 spiro atoms. The first-order valence-corrected chi connectivity index (χ1v) is 10.1. The number of carbonyl (C=O) groups is 2. The van der Waals surface area contributed by atoms with Crippen LogP contribution in [0.4, 0.5) is 16.3 Å². The number of hydrogen-bond acceptors (Lipinski definition) is 5. The van der Waals surface area contributed by atoms with E-state index < -0.39 is 11.7 Å². The first-order chi connectivity index (χ1) is 14.6. The predicted molar refractivity (Wildman–Crippen MR) is 123 cm³/mol. The summed E-state index contributed by atoms with van der Waals surface area (Å²) < 4.78 is 7.13. The number of anilines is 2. The first-order valence-electron chi connectivity index (χ1n) is 10.1. The van der Waals surface area contributed by atoms with E-state index in [1.807, 2.05) is 44.6 Å². The van der Waals surface area contributed by atoms with Crippen LogP contribution in [0.3, 0.4) is 0 Å². The highest BCUT2D eigenvalue weighted by Crippen LogP contribution is 2.26. The molecule has 0 unspecified atom stereocenters. The van der Waals surface area contributed by atoms with Crippen molar-refractivity contribution in [1.29, 1.82) is 0 Å². The molecule has 0 atom stereocenters. The van der Waals surface area contributed by atoms with E-state index in [4.69, 9.17) is 4.74 Å². The lowest BCUT2D eigenvalue weighted by atomic mass is 10.0. The summed E-state index contributed by atoms with van der Waals surface area (Å²) in [5.74, 6) is 0.0785. The topological polar surface area (TPSA) is 88.5 Å². The second-order valence-corrected chi connectivity index (χ2v) is 8.59. The fourth-order valence-electron chi connectivity index (χ4n) is 2.98. The van der Waals surface area contributed by atoms with Gasteiger partial charge in [-0.05, 0) is 57.8 Å². The molecule has 0 saturated carbocycles. The van der Waals surface area contributed by atoms with E-state index >= 15 is 0 Å². The normalized spacial score (nSPS) is 11.5. The van der Waals surface area contributed by atoms with Crippen molar-refractivity contribution in [3.63, 3.8) is 0 Å². The maximum absolute atomic E-state index is 13.1. The third kappa shape index (κ3) is 6.29. The van der Waals surface area contributed by atoms with Crippen LogP contribution in [0.1, 0.15) is 31.1 Å². The minimum Gasteiger partial charge on any atom is -0.444 e. The molecule has 31 heavy (non-hydrogen) atoms.